The first-order chi connectivity index (χ1) is 9.65. The molecule has 1 unspecified atom stereocenters. The summed E-state index contributed by atoms with van der Waals surface area (Å²) in [6, 6.07) is 9.15. The molecule has 1 aliphatic heterocycles. The van der Waals surface area contributed by atoms with Gasteiger partial charge in [0.2, 0.25) is 0 Å². The van der Waals surface area contributed by atoms with E-state index in [-0.39, 0.29) is 18.2 Å². The highest BCUT2D eigenvalue weighted by Gasteiger charge is 2.20. The Morgan fingerprint density at radius 1 is 1.25 bits per heavy atom. The molecule has 0 aliphatic carbocycles. The molecule has 0 fully saturated rings. The first kappa shape index (κ1) is 12.9. The highest BCUT2D eigenvalue weighted by molar-refractivity contribution is 5.44. The molecule has 1 aliphatic rings. The van der Waals surface area contributed by atoms with Gasteiger partial charge in [-0.15, -0.1) is 0 Å². The topological polar surface area (TPSA) is 44.5 Å². The minimum Gasteiger partial charge on any atom is -0.491 e. The summed E-state index contributed by atoms with van der Waals surface area (Å²) < 4.78 is 37.4. The lowest BCUT2D eigenvalue weighted by Gasteiger charge is -2.09. The first-order valence-electron chi connectivity index (χ1n) is 6.23. The highest BCUT2D eigenvalue weighted by atomic mass is 19.2. The fourth-order valence-electron chi connectivity index (χ4n) is 2.13. The molecule has 20 heavy (non-hydrogen) atoms. The second kappa shape index (κ2) is 5.09. The van der Waals surface area contributed by atoms with E-state index in [1.165, 1.54) is 12.1 Å². The van der Waals surface area contributed by atoms with Gasteiger partial charge in [-0.3, -0.25) is 0 Å². The van der Waals surface area contributed by atoms with Crippen LogP contribution in [-0.2, 0) is 6.61 Å². The van der Waals surface area contributed by atoms with Gasteiger partial charge in [-0.25, -0.2) is 8.78 Å². The van der Waals surface area contributed by atoms with Gasteiger partial charge in [-0.05, 0) is 18.2 Å². The Hall–Kier alpha value is -2.14. The van der Waals surface area contributed by atoms with E-state index in [0.29, 0.717) is 18.1 Å². The zero-order valence-electron chi connectivity index (χ0n) is 10.6. The molecule has 0 bridgehead atoms. The van der Waals surface area contributed by atoms with Crippen LogP contribution in [0, 0.1) is 11.6 Å². The molecule has 0 saturated heterocycles. The maximum Gasteiger partial charge on any atom is 0.165 e. The maximum atomic E-state index is 13.5. The predicted octanol–water partition coefficient (Wildman–Crippen LogP) is 2.94. The van der Waals surface area contributed by atoms with Gasteiger partial charge >= 0.3 is 0 Å². The molecule has 3 rings (SSSR count). The van der Waals surface area contributed by atoms with Crippen LogP contribution in [0.3, 0.4) is 0 Å². The second-order valence-corrected chi connectivity index (χ2v) is 4.62. The number of hydrogen-bond donors (Lipinski definition) is 1. The molecule has 0 radical (unpaired) electrons. The minimum atomic E-state index is -0.882. The van der Waals surface area contributed by atoms with Gasteiger partial charge in [0.1, 0.15) is 24.7 Å². The molecule has 5 heteroatoms. The third-order valence-corrected chi connectivity index (χ3v) is 3.23. The molecule has 1 heterocycles. The van der Waals surface area contributed by atoms with Crippen molar-refractivity contribution in [3.63, 3.8) is 0 Å². The van der Waals surface area contributed by atoms with Crippen molar-refractivity contribution < 1.29 is 18.3 Å². The van der Waals surface area contributed by atoms with Crippen LogP contribution in [0.1, 0.15) is 17.2 Å². The standard InChI is InChI=1S/C15H13F2NO2/c16-12-3-1-2-9(15(12)17)7-19-10-4-5-11-13(18)8-20-14(11)6-10/h1-6,13H,7-8,18H2. The summed E-state index contributed by atoms with van der Waals surface area (Å²) in [6.45, 7) is 0.395. The molecule has 3 nitrogen and oxygen atoms in total. The number of rotatable bonds is 3. The Morgan fingerprint density at radius 3 is 2.95 bits per heavy atom. The Balaban J connectivity index is 1.74. The zero-order chi connectivity index (χ0) is 14.1. The first-order valence-corrected chi connectivity index (χ1v) is 6.23. The van der Waals surface area contributed by atoms with Gasteiger partial charge in [0, 0.05) is 17.2 Å². The molecular formula is C15H13F2NO2. The highest BCUT2D eigenvalue weighted by Crippen LogP contribution is 2.34. The summed E-state index contributed by atoms with van der Waals surface area (Å²) in [5.41, 5.74) is 6.94. The van der Waals surface area contributed by atoms with Crippen molar-refractivity contribution in [2.75, 3.05) is 6.61 Å². The fraction of sp³-hybridized carbons (Fsp3) is 0.200. The van der Waals surface area contributed by atoms with E-state index >= 15 is 0 Å². The van der Waals surface area contributed by atoms with E-state index in [4.69, 9.17) is 15.2 Å². The Bertz CT molecular complexity index is 646. The molecule has 0 spiro atoms. The van der Waals surface area contributed by atoms with Gasteiger partial charge in [-0.1, -0.05) is 12.1 Å². The van der Waals surface area contributed by atoms with Crippen molar-refractivity contribution in [1.82, 2.24) is 0 Å². The molecule has 104 valence electrons. The van der Waals surface area contributed by atoms with E-state index in [1.54, 1.807) is 12.1 Å². The van der Waals surface area contributed by atoms with Crippen molar-refractivity contribution in [2.24, 2.45) is 5.73 Å². The van der Waals surface area contributed by atoms with Crippen LogP contribution in [0.2, 0.25) is 0 Å². The summed E-state index contributed by atoms with van der Waals surface area (Å²) in [4.78, 5) is 0. The van der Waals surface area contributed by atoms with E-state index in [0.717, 1.165) is 11.6 Å². The molecule has 0 saturated carbocycles. The van der Waals surface area contributed by atoms with Crippen LogP contribution in [0.5, 0.6) is 11.5 Å². The predicted molar refractivity (Wildman–Crippen MR) is 69.6 cm³/mol. The smallest absolute Gasteiger partial charge is 0.165 e. The quantitative estimate of drug-likeness (QED) is 0.938. The van der Waals surface area contributed by atoms with Gasteiger partial charge in [-0.2, -0.15) is 0 Å². The van der Waals surface area contributed by atoms with Gasteiger partial charge in [0.15, 0.2) is 11.6 Å². The van der Waals surface area contributed by atoms with E-state index in [1.807, 2.05) is 6.07 Å². The zero-order valence-corrected chi connectivity index (χ0v) is 10.6. The molecular weight excluding hydrogens is 264 g/mol. The lowest BCUT2D eigenvalue weighted by molar-refractivity contribution is 0.293. The molecule has 0 aromatic heterocycles. The van der Waals surface area contributed by atoms with Crippen molar-refractivity contribution in [3.05, 3.63) is 59.2 Å². The molecule has 0 amide bonds. The van der Waals surface area contributed by atoms with Gasteiger partial charge < -0.3 is 15.2 Å². The fourth-order valence-corrected chi connectivity index (χ4v) is 2.13. The largest absolute Gasteiger partial charge is 0.491 e. The van der Waals surface area contributed by atoms with Crippen LogP contribution >= 0.6 is 0 Å². The summed E-state index contributed by atoms with van der Waals surface area (Å²) in [5.74, 6) is -0.558. The minimum absolute atomic E-state index is 0.0472. The average molecular weight is 277 g/mol. The van der Waals surface area contributed by atoms with E-state index < -0.39 is 11.6 Å². The van der Waals surface area contributed by atoms with Crippen molar-refractivity contribution >= 4 is 0 Å². The lowest BCUT2D eigenvalue weighted by atomic mass is 10.1. The van der Waals surface area contributed by atoms with Gasteiger partial charge in [0.25, 0.3) is 0 Å². The average Bonchev–Trinajstić information content (AvgIpc) is 2.82. The van der Waals surface area contributed by atoms with Crippen molar-refractivity contribution in [3.8, 4) is 11.5 Å². The third kappa shape index (κ3) is 2.32. The Labute approximate surface area is 114 Å². The second-order valence-electron chi connectivity index (χ2n) is 4.62. The summed E-state index contributed by atoms with van der Waals surface area (Å²) in [6.07, 6.45) is 0. The van der Waals surface area contributed by atoms with E-state index in [2.05, 4.69) is 0 Å². The number of halogens is 2. The SMILES string of the molecule is NC1COc2cc(OCc3cccc(F)c3F)ccc21. The number of nitrogens with two attached hydrogens (primary N) is 1. The van der Waals surface area contributed by atoms with Crippen LogP contribution in [0.25, 0.3) is 0 Å². The van der Waals surface area contributed by atoms with Gasteiger partial charge in [0.05, 0.1) is 6.04 Å². The Morgan fingerprint density at radius 2 is 2.10 bits per heavy atom. The summed E-state index contributed by atoms with van der Waals surface area (Å²) in [7, 11) is 0. The number of ether oxygens (including phenoxy) is 2. The maximum absolute atomic E-state index is 13.5. The van der Waals surface area contributed by atoms with Crippen LogP contribution in [-0.4, -0.2) is 6.61 Å². The van der Waals surface area contributed by atoms with Crippen molar-refractivity contribution in [2.45, 2.75) is 12.6 Å². The number of benzene rings is 2. The van der Waals surface area contributed by atoms with Crippen molar-refractivity contribution in [1.29, 1.82) is 0 Å². The third-order valence-electron chi connectivity index (χ3n) is 3.23. The molecule has 2 aromatic carbocycles. The molecule has 2 aromatic rings. The normalized spacial score (nSPS) is 16.6. The monoisotopic (exact) mass is 277 g/mol. The lowest BCUT2D eigenvalue weighted by Crippen LogP contribution is -2.10. The van der Waals surface area contributed by atoms with Crippen LogP contribution < -0.4 is 15.2 Å². The number of hydrogen-bond acceptors (Lipinski definition) is 3. The van der Waals surface area contributed by atoms with Crippen LogP contribution in [0.4, 0.5) is 8.78 Å². The Kier molecular flexibility index (Phi) is 3.28. The summed E-state index contributed by atoms with van der Waals surface area (Å²) in [5, 5.41) is 0. The molecule has 2 N–H and O–H groups in total. The number of fused-ring (bicyclic) bond motifs is 1. The summed E-state index contributed by atoms with van der Waals surface area (Å²) >= 11 is 0. The molecule has 1 atom stereocenters. The van der Waals surface area contributed by atoms with E-state index in [9.17, 15) is 8.78 Å². The van der Waals surface area contributed by atoms with Crippen LogP contribution in [0.15, 0.2) is 36.4 Å².